The van der Waals surface area contributed by atoms with Gasteiger partial charge in [0, 0.05) is 0 Å². The van der Waals surface area contributed by atoms with Gasteiger partial charge in [-0.3, -0.25) is 0 Å². The van der Waals surface area contributed by atoms with Gasteiger partial charge in [0.05, 0.1) is 9.60 Å². The molecule has 0 spiro atoms. The average molecular weight is 590 g/mol. The third-order valence-corrected chi connectivity index (χ3v) is 8.88. The van der Waals surface area contributed by atoms with Crippen LogP contribution >= 0.6 is 0 Å². The van der Waals surface area contributed by atoms with Crippen LogP contribution in [0.4, 0.5) is 0 Å². The van der Waals surface area contributed by atoms with Crippen LogP contribution in [0.1, 0.15) is 9.60 Å². The summed E-state index contributed by atoms with van der Waals surface area (Å²) in [6.07, 6.45) is 0. The van der Waals surface area contributed by atoms with Crippen molar-refractivity contribution in [1.82, 2.24) is 0 Å². The van der Waals surface area contributed by atoms with Crippen LogP contribution in [0.15, 0.2) is 182 Å². The van der Waals surface area contributed by atoms with Crippen molar-refractivity contribution in [2.24, 2.45) is 0 Å². The summed E-state index contributed by atoms with van der Waals surface area (Å²) in [6, 6.07) is 43.3. The van der Waals surface area contributed by atoms with Crippen LogP contribution in [0.3, 0.4) is 0 Å². The van der Waals surface area contributed by atoms with Crippen LogP contribution < -0.4 is 0 Å². The Morgan fingerprint density at radius 3 is 1.76 bits per heavy atom. The summed E-state index contributed by atoms with van der Waals surface area (Å²) in [6.45, 7) is 0. The molecule has 0 aliphatic carbocycles. The molecule has 0 atom stereocenters. The van der Waals surface area contributed by atoms with E-state index in [1.165, 1.54) is 0 Å². The van der Waals surface area contributed by atoms with Gasteiger partial charge in [-0.1, -0.05) is 170 Å². The van der Waals surface area contributed by atoms with E-state index in [-0.39, 0.29) is 58.6 Å². The smallest absolute Gasteiger partial charge is 0.0622 e. The van der Waals surface area contributed by atoms with E-state index < -0.39 is 0 Å². The first-order chi connectivity index (χ1) is 25.8. The van der Waals surface area contributed by atoms with Crippen molar-refractivity contribution in [2.45, 2.75) is 0 Å². The summed E-state index contributed by atoms with van der Waals surface area (Å²) in [5, 5.41) is 4.91. The Labute approximate surface area is 278 Å². The zero-order valence-electron chi connectivity index (χ0n) is 31.8. The highest BCUT2D eigenvalue weighted by Gasteiger charge is 2.20. The molecule has 0 aromatic heterocycles. The van der Waals surface area contributed by atoms with Gasteiger partial charge in [-0.15, -0.1) is 0 Å². The van der Waals surface area contributed by atoms with Crippen LogP contribution in [-0.2, 0) is 0 Å². The Balaban J connectivity index is 1.58. The Morgan fingerprint density at radius 2 is 0.935 bits per heavy atom. The molecular formula is C46H30. The molecule has 0 unspecified atom stereocenters. The molecule has 9 aromatic rings. The van der Waals surface area contributed by atoms with Crippen molar-refractivity contribution >= 4 is 43.1 Å². The molecule has 0 saturated carbocycles. The topological polar surface area (TPSA) is 0 Å². The highest BCUT2D eigenvalue weighted by Crippen LogP contribution is 2.48. The van der Waals surface area contributed by atoms with Crippen LogP contribution in [-0.4, -0.2) is 0 Å². The fourth-order valence-corrected chi connectivity index (χ4v) is 6.76. The molecule has 9 aromatic carbocycles. The van der Waals surface area contributed by atoms with Crippen molar-refractivity contribution in [3.05, 3.63) is 182 Å². The minimum absolute atomic E-state index is 0.0203. The predicted octanol–water partition coefficient (Wildman–Crippen LogP) is 13.0. The number of fused-ring (bicyclic) bond motifs is 4. The Hall–Kier alpha value is -5.98. The molecule has 0 N–H and O–H groups in total. The quantitative estimate of drug-likeness (QED) is 0.179. The van der Waals surface area contributed by atoms with E-state index in [4.69, 9.17) is 2.74 Å². The molecule has 0 amide bonds. The molecule has 214 valence electrons. The summed E-state index contributed by atoms with van der Waals surface area (Å²) < 4.78 is 66.3. The van der Waals surface area contributed by atoms with E-state index >= 15 is 0 Å². The summed E-state index contributed by atoms with van der Waals surface area (Å²) in [4.78, 5) is 0. The van der Waals surface area contributed by atoms with Gasteiger partial charge in [0.25, 0.3) is 0 Å². The lowest BCUT2D eigenvalue weighted by Gasteiger charge is -2.21. The minimum atomic E-state index is -0.388. The van der Waals surface area contributed by atoms with E-state index in [0.29, 0.717) is 38.6 Å². The van der Waals surface area contributed by atoms with E-state index in [2.05, 4.69) is 0 Å². The highest BCUT2D eigenvalue weighted by molar-refractivity contribution is 6.24. The lowest BCUT2D eigenvalue weighted by molar-refractivity contribution is 1.60. The van der Waals surface area contributed by atoms with Gasteiger partial charge >= 0.3 is 0 Å². The molecule has 0 heteroatoms. The Morgan fingerprint density at radius 1 is 0.326 bits per heavy atom. The average Bonchev–Trinajstić information content (AvgIpc) is 3.20. The molecule has 0 aliphatic rings. The van der Waals surface area contributed by atoms with Gasteiger partial charge in [-0.25, -0.2) is 0 Å². The zero-order chi connectivity index (χ0) is 36.5. The standard InChI is InChI=1S/C46H30/c1-2-14-32(15-3-1)37-20-8-9-21-39(37)45-41-22-10-11-23-42(41)46(40-24-12-18-33-16-6-7-19-38(33)40)44-30-36(27-28-43(44)45)35-26-25-31-13-4-5-17-34(31)29-35/h1-30H/i10D,11D,22D,23D,27D,28D,30D. The molecule has 0 saturated heterocycles. The molecule has 0 fully saturated rings. The number of rotatable bonds is 4. The third-order valence-electron chi connectivity index (χ3n) is 8.88. The maximum Gasteiger partial charge on any atom is 0.0636 e. The first-order valence-electron chi connectivity index (χ1n) is 18.9. The van der Waals surface area contributed by atoms with Crippen molar-refractivity contribution < 1.29 is 9.60 Å². The Kier molecular flexibility index (Phi) is 4.76. The monoisotopic (exact) mass is 589 g/mol. The van der Waals surface area contributed by atoms with Gasteiger partial charge in [0.2, 0.25) is 0 Å². The second kappa shape index (κ2) is 10.9. The summed E-state index contributed by atoms with van der Waals surface area (Å²) in [7, 11) is 0. The molecule has 0 aliphatic heterocycles. The molecule has 0 radical (unpaired) electrons. The fraction of sp³-hybridized carbons (Fsp3) is 0. The lowest BCUT2D eigenvalue weighted by atomic mass is 9.82. The lowest BCUT2D eigenvalue weighted by Crippen LogP contribution is -1.94. The molecular weight excluding hydrogens is 553 g/mol. The van der Waals surface area contributed by atoms with Crippen molar-refractivity contribution in [1.29, 1.82) is 0 Å². The van der Waals surface area contributed by atoms with E-state index in [9.17, 15) is 6.85 Å². The SMILES string of the molecule is [2H]c1c([2H])c([2H])c2c(-c3cccc4ccccc34)c3c([2H])c(-c4ccc5ccccc5c4)c([2H])c([2H])c3c(-c3ccccc3-c3ccccc3)c2c1[2H]. The number of hydrogen-bond donors (Lipinski definition) is 0. The zero-order valence-corrected chi connectivity index (χ0v) is 24.8. The first-order valence-corrected chi connectivity index (χ1v) is 15.4. The van der Waals surface area contributed by atoms with Crippen molar-refractivity contribution in [2.75, 3.05) is 0 Å². The molecule has 9 rings (SSSR count). The van der Waals surface area contributed by atoms with Crippen molar-refractivity contribution in [3.63, 3.8) is 0 Å². The second-order valence-electron chi connectivity index (χ2n) is 11.5. The minimum Gasteiger partial charge on any atom is -0.0622 e. The first kappa shape index (κ1) is 20.1. The predicted molar refractivity (Wildman–Crippen MR) is 198 cm³/mol. The summed E-state index contributed by atoms with van der Waals surface area (Å²) in [5.41, 5.74) is 4.78. The van der Waals surface area contributed by atoms with Gasteiger partial charge in [-0.2, -0.15) is 0 Å². The van der Waals surface area contributed by atoms with E-state index in [1.807, 2.05) is 140 Å². The molecule has 46 heavy (non-hydrogen) atoms. The second-order valence-corrected chi connectivity index (χ2v) is 11.5. The van der Waals surface area contributed by atoms with E-state index in [0.717, 1.165) is 32.7 Å². The van der Waals surface area contributed by atoms with Gasteiger partial charge in [0.1, 0.15) is 0 Å². The van der Waals surface area contributed by atoms with Crippen LogP contribution in [0.25, 0.3) is 87.6 Å². The molecule has 0 heterocycles. The van der Waals surface area contributed by atoms with Gasteiger partial charge in [0.15, 0.2) is 0 Å². The third kappa shape index (κ3) is 4.30. The molecule has 0 nitrogen and oxygen atoms in total. The number of benzene rings is 9. The largest absolute Gasteiger partial charge is 0.0636 e. The summed E-state index contributed by atoms with van der Waals surface area (Å²) in [5.74, 6) is 0. The van der Waals surface area contributed by atoms with Gasteiger partial charge < -0.3 is 0 Å². The maximum absolute atomic E-state index is 10.1. The van der Waals surface area contributed by atoms with Crippen LogP contribution in [0, 0.1) is 0 Å². The summed E-state index contributed by atoms with van der Waals surface area (Å²) >= 11 is 0. The van der Waals surface area contributed by atoms with Crippen LogP contribution in [0.2, 0.25) is 0 Å². The normalized spacial score (nSPS) is 13.6. The van der Waals surface area contributed by atoms with E-state index in [1.54, 1.807) is 0 Å². The van der Waals surface area contributed by atoms with Crippen LogP contribution in [0.5, 0.6) is 0 Å². The van der Waals surface area contributed by atoms with Crippen molar-refractivity contribution in [3.8, 4) is 44.5 Å². The molecule has 0 bridgehead atoms. The fourth-order valence-electron chi connectivity index (χ4n) is 6.76. The maximum atomic E-state index is 10.1. The van der Waals surface area contributed by atoms with Gasteiger partial charge in [-0.05, 0) is 99.7 Å². The highest BCUT2D eigenvalue weighted by atomic mass is 14.2. The Bertz CT molecular complexity index is 2960. The number of hydrogen-bond acceptors (Lipinski definition) is 0.